The Balaban J connectivity index is 1.81. The molecule has 0 aromatic carbocycles. The van der Waals surface area contributed by atoms with Gasteiger partial charge in [0, 0.05) is 17.5 Å². The van der Waals surface area contributed by atoms with Crippen LogP contribution in [0.4, 0.5) is 0 Å². The zero-order chi connectivity index (χ0) is 11.4. The molecule has 0 radical (unpaired) electrons. The third kappa shape index (κ3) is 2.80. The number of rotatable bonds is 3. The normalized spacial score (nSPS) is 25.3. The Bertz CT molecular complexity index is 331. The molecule has 0 unspecified atom stereocenters. The van der Waals surface area contributed by atoms with Crippen molar-refractivity contribution in [3.8, 4) is 0 Å². The monoisotopic (exact) mass is 239 g/mol. The highest BCUT2D eigenvalue weighted by atomic mass is 32.1. The standard InChI is InChI=1S/C11H17N3OS/c1-12-8-2-4-9(5-3-8)14-11(15)10-6-16-7-13-10/h6-9,12H,2-5H2,1H3,(H,14,15). The van der Waals surface area contributed by atoms with Crippen LogP contribution in [0.5, 0.6) is 0 Å². The second-order valence-electron chi connectivity index (χ2n) is 4.18. The fourth-order valence-electron chi connectivity index (χ4n) is 2.11. The van der Waals surface area contributed by atoms with E-state index in [1.54, 1.807) is 10.9 Å². The lowest BCUT2D eigenvalue weighted by Gasteiger charge is -2.28. The van der Waals surface area contributed by atoms with Crippen LogP contribution in [0.15, 0.2) is 10.9 Å². The summed E-state index contributed by atoms with van der Waals surface area (Å²) in [5.74, 6) is -0.0332. The van der Waals surface area contributed by atoms with Gasteiger partial charge < -0.3 is 10.6 Å². The van der Waals surface area contributed by atoms with Crippen LogP contribution in [-0.4, -0.2) is 30.0 Å². The number of carbonyl (C=O) groups is 1. The molecule has 4 nitrogen and oxygen atoms in total. The van der Waals surface area contributed by atoms with Gasteiger partial charge in [-0.1, -0.05) is 0 Å². The van der Waals surface area contributed by atoms with E-state index in [1.807, 2.05) is 7.05 Å². The summed E-state index contributed by atoms with van der Waals surface area (Å²) < 4.78 is 0. The molecule has 88 valence electrons. The number of hydrogen-bond donors (Lipinski definition) is 2. The zero-order valence-corrected chi connectivity index (χ0v) is 10.2. The lowest BCUT2D eigenvalue weighted by Crippen LogP contribution is -2.41. The molecule has 1 aromatic heterocycles. The predicted molar refractivity (Wildman–Crippen MR) is 64.7 cm³/mol. The molecule has 1 amide bonds. The van der Waals surface area contributed by atoms with Crippen LogP contribution in [0.25, 0.3) is 0 Å². The summed E-state index contributed by atoms with van der Waals surface area (Å²) in [6, 6.07) is 0.936. The Morgan fingerprint density at radius 3 is 2.62 bits per heavy atom. The fourth-order valence-corrected chi connectivity index (χ4v) is 2.64. The van der Waals surface area contributed by atoms with Gasteiger partial charge in [-0.25, -0.2) is 4.98 Å². The Kier molecular flexibility index (Phi) is 3.90. The van der Waals surface area contributed by atoms with Crippen molar-refractivity contribution in [2.24, 2.45) is 0 Å². The number of nitrogens with zero attached hydrogens (tertiary/aromatic N) is 1. The molecular formula is C11H17N3OS. The highest BCUT2D eigenvalue weighted by molar-refractivity contribution is 7.07. The number of aromatic nitrogens is 1. The van der Waals surface area contributed by atoms with Crippen molar-refractivity contribution in [1.82, 2.24) is 15.6 Å². The molecule has 5 heteroatoms. The molecule has 1 fully saturated rings. The van der Waals surface area contributed by atoms with E-state index >= 15 is 0 Å². The van der Waals surface area contributed by atoms with Crippen LogP contribution in [0, 0.1) is 0 Å². The van der Waals surface area contributed by atoms with Gasteiger partial charge in [-0.05, 0) is 32.7 Å². The summed E-state index contributed by atoms with van der Waals surface area (Å²) in [5.41, 5.74) is 2.23. The van der Waals surface area contributed by atoms with Gasteiger partial charge in [0.1, 0.15) is 5.69 Å². The van der Waals surface area contributed by atoms with Gasteiger partial charge in [-0.2, -0.15) is 0 Å². The highest BCUT2D eigenvalue weighted by Crippen LogP contribution is 2.18. The van der Waals surface area contributed by atoms with Gasteiger partial charge in [0.25, 0.3) is 5.91 Å². The molecule has 1 saturated carbocycles. The van der Waals surface area contributed by atoms with E-state index in [-0.39, 0.29) is 5.91 Å². The Morgan fingerprint density at radius 1 is 1.38 bits per heavy atom. The molecule has 1 heterocycles. The third-order valence-electron chi connectivity index (χ3n) is 3.14. The number of amides is 1. The fraction of sp³-hybridized carbons (Fsp3) is 0.636. The van der Waals surface area contributed by atoms with Crippen molar-refractivity contribution in [3.63, 3.8) is 0 Å². The van der Waals surface area contributed by atoms with Crippen molar-refractivity contribution < 1.29 is 4.79 Å². The van der Waals surface area contributed by atoms with Gasteiger partial charge in [0.2, 0.25) is 0 Å². The average molecular weight is 239 g/mol. The minimum Gasteiger partial charge on any atom is -0.348 e. The highest BCUT2D eigenvalue weighted by Gasteiger charge is 2.21. The second kappa shape index (κ2) is 5.41. The van der Waals surface area contributed by atoms with Crippen LogP contribution in [0.2, 0.25) is 0 Å². The van der Waals surface area contributed by atoms with Crippen molar-refractivity contribution in [2.45, 2.75) is 37.8 Å². The van der Waals surface area contributed by atoms with E-state index in [9.17, 15) is 4.79 Å². The summed E-state index contributed by atoms with van der Waals surface area (Å²) in [6.45, 7) is 0. The van der Waals surface area contributed by atoms with Gasteiger partial charge >= 0.3 is 0 Å². The number of hydrogen-bond acceptors (Lipinski definition) is 4. The first-order valence-corrected chi connectivity index (χ1v) is 6.60. The SMILES string of the molecule is CNC1CCC(NC(=O)c2cscn2)CC1. The van der Waals surface area contributed by atoms with Crippen LogP contribution < -0.4 is 10.6 Å². The van der Waals surface area contributed by atoms with Gasteiger partial charge in [0.15, 0.2) is 0 Å². The second-order valence-corrected chi connectivity index (χ2v) is 4.90. The van der Waals surface area contributed by atoms with Crippen molar-refractivity contribution in [3.05, 3.63) is 16.6 Å². The minimum atomic E-state index is -0.0332. The maximum atomic E-state index is 11.7. The summed E-state index contributed by atoms with van der Waals surface area (Å²) in [4.78, 5) is 15.7. The third-order valence-corrected chi connectivity index (χ3v) is 3.72. The van der Waals surface area contributed by atoms with Crippen molar-refractivity contribution in [1.29, 1.82) is 0 Å². The first-order valence-electron chi connectivity index (χ1n) is 5.66. The van der Waals surface area contributed by atoms with Gasteiger partial charge in [-0.3, -0.25) is 4.79 Å². The Labute approximate surface area is 99.5 Å². The molecule has 0 atom stereocenters. The topological polar surface area (TPSA) is 54.0 Å². The molecule has 1 aromatic rings. The average Bonchev–Trinajstić information content (AvgIpc) is 2.83. The molecule has 0 bridgehead atoms. The smallest absolute Gasteiger partial charge is 0.270 e. The predicted octanol–water partition coefficient (Wildman–Crippen LogP) is 1.40. The molecule has 2 N–H and O–H groups in total. The molecule has 0 saturated heterocycles. The molecule has 1 aliphatic rings. The minimum absolute atomic E-state index is 0.0332. The maximum absolute atomic E-state index is 11.7. The van der Waals surface area contributed by atoms with E-state index < -0.39 is 0 Å². The van der Waals surface area contributed by atoms with Gasteiger partial charge in [-0.15, -0.1) is 11.3 Å². The lowest BCUT2D eigenvalue weighted by molar-refractivity contribution is 0.0920. The van der Waals surface area contributed by atoms with Gasteiger partial charge in [0.05, 0.1) is 5.51 Å². The Hall–Kier alpha value is -0.940. The van der Waals surface area contributed by atoms with E-state index in [2.05, 4.69) is 15.6 Å². The number of carbonyl (C=O) groups excluding carboxylic acids is 1. The molecular weight excluding hydrogens is 222 g/mol. The molecule has 1 aliphatic carbocycles. The van der Waals surface area contributed by atoms with E-state index in [0.717, 1.165) is 25.7 Å². The van der Waals surface area contributed by atoms with E-state index in [0.29, 0.717) is 17.8 Å². The quantitative estimate of drug-likeness (QED) is 0.838. The molecule has 2 rings (SSSR count). The van der Waals surface area contributed by atoms with Crippen molar-refractivity contribution >= 4 is 17.2 Å². The van der Waals surface area contributed by atoms with Crippen LogP contribution in [0.1, 0.15) is 36.2 Å². The van der Waals surface area contributed by atoms with Crippen LogP contribution in [0.3, 0.4) is 0 Å². The Morgan fingerprint density at radius 2 is 2.06 bits per heavy atom. The zero-order valence-electron chi connectivity index (χ0n) is 9.40. The van der Waals surface area contributed by atoms with Crippen LogP contribution in [-0.2, 0) is 0 Å². The van der Waals surface area contributed by atoms with Crippen LogP contribution >= 0.6 is 11.3 Å². The first-order chi connectivity index (χ1) is 7.79. The van der Waals surface area contributed by atoms with E-state index in [1.165, 1.54) is 11.3 Å². The summed E-state index contributed by atoms with van der Waals surface area (Å²) in [7, 11) is 2.00. The van der Waals surface area contributed by atoms with Crippen molar-refractivity contribution in [2.75, 3.05) is 7.05 Å². The summed E-state index contributed by atoms with van der Waals surface area (Å²) >= 11 is 1.45. The maximum Gasteiger partial charge on any atom is 0.270 e. The lowest BCUT2D eigenvalue weighted by atomic mass is 9.91. The molecule has 0 aliphatic heterocycles. The summed E-state index contributed by atoms with van der Waals surface area (Å²) in [6.07, 6.45) is 4.39. The number of thiazole rings is 1. The molecule has 0 spiro atoms. The summed E-state index contributed by atoms with van der Waals surface area (Å²) in [5, 5.41) is 8.11. The first kappa shape index (κ1) is 11.5. The largest absolute Gasteiger partial charge is 0.348 e. The van der Waals surface area contributed by atoms with E-state index in [4.69, 9.17) is 0 Å². The number of nitrogens with one attached hydrogen (secondary N) is 2. The molecule has 16 heavy (non-hydrogen) atoms.